The topological polar surface area (TPSA) is 35.8 Å². The highest BCUT2D eigenvalue weighted by Gasteiger charge is 2.28. The van der Waals surface area contributed by atoms with Crippen LogP contribution < -0.4 is 4.90 Å². The summed E-state index contributed by atoms with van der Waals surface area (Å²) in [7, 11) is 0. The molecule has 0 fully saturated rings. The highest BCUT2D eigenvalue weighted by molar-refractivity contribution is 6.31. The quantitative estimate of drug-likeness (QED) is 0.923. The van der Waals surface area contributed by atoms with Crippen LogP contribution in [0.3, 0.4) is 0 Å². The molecule has 2 aromatic carbocycles. The second-order valence-electron chi connectivity index (χ2n) is 4.48. The van der Waals surface area contributed by atoms with Crippen LogP contribution in [-0.4, -0.2) is 23.7 Å². The molecule has 5 heteroatoms. The molecule has 1 N–H and O–H groups in total. The fraction of sp³-hybridized carbons (Fsp3) is 0.133. The Bertz CT molecular complexity index is 660. The molecule has 0 saturated carbocycles. The van der Waals surface area contributed by atoms with Gasteiger partial charge in [0.1, 0.15) is 5.84 Å². The van der Waals surface area contributed by atoms with Crippen LogP contribution in [0, 0.1) is 5.82 Å². The maximum Gasteiger partial charge on any atom is 0.165 e. The SMILES string of the molecule is OC1CN(c2cccc(Cl)c2F)C(c2ccccc2)=N1. The Morgan fingerprint density at radius 1 is 1.15 bits per heavy atom. The number of amidine groups is 1. The largest absolute Gasteiger partial charge is 0.370 e. The Morgan fingerprint density at radius 2 is 1.90 bits per heavy atom. The van der Waals surface area contributed by atoms with Crippen LogP contribution in [0.4, 0.5) is 10.1 Å². The number of anilines is 1. The lowest BCUT2D eigenvalue weighted by atomic mass is 10.2. The van der Waals surface area contributed by atoms with Crippen molar-refractivity contribution in [2.24, 2.45) is 4.99 Å². The molecule has 1 unspecified atom stereocenters. The fourth-order valence-electron chi connectivity index (χ4n) is 2.23. The second-order valence-corrected chi connectivity index (χ2v) is 4.89. The molecule has 0 amide bonds. The Kier molecular flexibility index (Phi) is 3.42. The predicted octanol–water partition coefficient (Wildman–Crippen LogP) is 3.06. The van der Waals surface area contributed by atoms with E-state index in [0.29, 0.717) is 11.5 Å². The van der Waals surface area contributed by atoms with Gasteiger partial charge in [-0.2, -0.15) is 0 Å². The van der Waals surface area contributed by atoms with Gasteiger partial charge in [0.05, 0.1) is 17.3 Å². The van der Waals surface area contributed by atoms with E-state index in [-0.39, 0.29) is 11.6 Å². The molecule has 0 radical (unpaired) electrons. The number of hydrogen-bond donors (Lipinski definition) is 1. The molecule has 1 aliphatic heterocycles. The third kappa shape index (κ3) is 2.28. The van der Waals surface area contributed by atoms with E-state index >= 15 is 0 Å². The summed E-state index contributed by atoms with van der Waals surface area (Å²) < 4.78 is 14.2. The summed E-state index contributed by atoms with van der Waals surface area (Å²) in [6.07, 6.45) is -0.872. The molecule has 0 spiro atoms. The number of rotatable bonds is 2. The van der Waals surface area contributed by atoms with Crippen LogP contribution in [0.2, 0.25) is 5.02 Å². The lowest BCUT2D eigenvalue weighted by Gasteiger charge is -2.21. The number of hydrogen-bond acceptors (Lipinski definition) is 3. The van der Waals surface area contributed by atoms with E-state index in [1.54, 1.807) is 17.0 Å². The zero-order valence-corrected chi connectivity index (χ0v) is 11.3. The summed E-state index contributed by atoms with van der Waals surface area (Å²) in [5, 5.41) is 9.82. The Hall–Kier alpha value is -1.91. The molecule has 20 heavy (non-hydrogen) atoms. The van der Waals surface area contributed by atoms with Crippen LogP contribution in [-0.2, 0) is 0 Å². The third-order valence-corrected chi connectivity index (χ3v) is 3.42. The minimum absolute atomic E-state index is 0.0521. The van der Waals surface area contributed by atoms with Crippen LogP contribution in [0.25, 0.3) is 0 Å². The first-order valence-electron chi connectivity index (χ1n) is 6.19. The normalized spacial score (nSPS) is 18.2. The first kappa shape index (κ1) is 13.1. The van der Waals surface area contributed by atoms with E-state index in [2.05, 4.69) is 4.99 Å². The maximum absolute atomic E-state index is 14.2. The number of aliphatic hydroxyl groups is 1. The molecule has 2 aromatic rings. The summed E-state index contributed by atoms with van der Waals surface area (Å²) >= 11 is 5.82. The van der Waals surface area contributed by atoms with Crippen molar-refractivity contribution in [3.8, 4) is 0 Å². The van der Waals surface area contributed by atoms with Gasteiger partial charge in [-0.15, -0.1) is 0 Å². The Morgan fingerprint density at radius 3 is 2.65 bits per heavy atom. The molecule has 0 aromatic heterocycles. The average Bonchev–Trinajstić information content (AvgIpc) is 2.85. The molecule has 3 rings (SSSR count). The van der Waals surface area contributed by atoms with E-state index in [4.69, 9.17) is 11.6 Å². The van der Waals surface area contributed by atoms with Gasteiger partial charge >= 0.3 is 0 Å². The van der Waals surface area contributed by atoms with Gasteiger partial charge in [0.15, 0.2) is 12.0 Å². The summed E-state index contributed by atoms with van der Waals surface area (Å²) in [4.78, 5) is 5.82. The number of nitrogens with zero attached hydrogens (tertiary/aromatic N) is 2. The van der Waals surface area contributed by atoms with Crippen molar-refractivity contribution in [2.75, 3.05) is 11.4 Å². The van der Waals surface area contributed by atoms with Gasteiger partial charge in [-0.1, -0.05) is 48.0 Å². The van der Waals surface area contributed by atoms with Gasteiger partial charge in [-0.05, 0) is 12.1 Å². The molecule has 102 valence electrons. The molecular weight excluding hydrogens is 279 g/mol. The zero-order valence-electron chi connectivity index (χ0n) is 10.5. The zero-order chi connectivity index (χ0) is 14.1. The Balaban J connectivity index is 2.05. The molecule has 1 atom stereocenters. The van der Waals surface area contributed by atoms with E-state index < -0.39 is 12.0 Å². The number of benzene rings is 2. The van der Waals surface area contributed by atoms with Crippen LogP contribution in [0.1, 0.15) is 5.56 Å². The van der Waals surface area contributed by atoms with Crippen molar-refractivity contribution in [3.05, 3.63) is 64.9 Å². The second kappa shape index (κ2) is 5.23. The van der Waals surface area contributed by atoms with Gasteiger partial charge in [0.25, 0.3) is 0 Å². The van der Waals surface area contributed by atoms with E-state index in [1.165, 1.54) is 6.07 Å². The highest BCUT2D eigenvalue weighted by atomic mass is 35.5. The first-order valence-corrected chi connectivity index (χ1v) is 6.57. The molecule has 0 aliphatic carbocycles. The fourth-order valence-corrected chi connectivity index (χ4v) is 2.40. The van der Waals surface area contributed by atoms with Gasteiger partial charge < -0.3 is 10.0 Å². The minimum atomic E-state index is -0.872. The van der Waals surface area contributed by atoms with Crippen LogP contribution in [0.15, 0.2) is 53.5 Å². The third-order valence-electron chi connectivity index (χ3n) is 3.13. The summed E-state index contributed by atoms with van der Waals surface area (Å²) in [6.45, 7) is 0.210. The van der Waals surface area contributed by atoms with Gasteiger partial charge in [0, 0.05) is 5.56 Å². The van der Waals surface area contributed by atoms with Crippen molar-refractivity contribution in [1.82, 2.24) is 0 Å². The lowest BCUT2D eigenvalue weighted by molar-refractivity contribution is 0.202. The number of halogens is 2. The molecule has 0 bridgehead atoms. The molecule has 0 saturated heterocycles. The molecular formula is C15H12ClFN2O. The highest BCUT2D eigenvalue weighted by Crippen LogP contribution is 2.29. The molecule has 1 heterocycles. The van der Waals surface area contributed by atoms with Crippen LogP contribution >= 0.6 is 11.6 Å². The maximum atomic E-state index is 14.2. The summed E-state index contributed by atoms with van der Waals surface area (Å²) in [5.74, 6) is 0.0335. The van der Waals surface area contributed by atoms with Gasteiger partial charge in [-0.3, -0.25) is 0 Å². The van der Waals surface area contributed by atoms with Gasteiger partial charge in [-0.25, -0.2) is 9.38 Å². The van der Waals surface area contributed by atoms with Crippen molar-refractivity contribution in [1.29, 1.82) is 0 Å². The standard InChI is InChI=1S/C15H12ClFN2O/c16-11-7-4-8-12(14(11)17)19-9-13(20)18-15(19)10-5-2-1-3-6-10/h1-8,13,20H,9H2. The first-order chi connectivity index (χ1) is 9.66. The average molecular weight is 291 g/mol. The van der Waals surface area contributed by atoms with Crippen molar-refractivity contribution in [3.63, 3.8) is 0 Å². The van der Waals surface area contributed by atoms with E-state index in [1.807, 2.05) is 30.3 Å². The molecule has 3 nitrogen and oxygen atoms in total. The smallest absolute Gasteiger partial charge is 0.165 e. The van der Waals surface area contributed by atoms with Crippen LogP contribution in [0.5, 0.6) is 0 Å². The predicted molar refractivity (Wildman–Crippen MR) is 77.7 cm³/mol. The van der Waals surface area contributed by atoms with Crippen molar-refractivity contribution >= 4 is 23.1 Å². The van der Waals surface area contributed by atoms with Crippen molar-refractivity contribution in [2.45, 2.75) is 6.23 Å². The number of aliphatic imine (C=N–C) groups is 1. The van der Waals surface area contributed by atoms with E-state index in [0.717, 1.165) is 5.56 Å². The number of β-amino-alcohol motifs (C(OH)–C–C–N with tert-alkyl or cyclic N) is 1. The van der Waals surface area contributed by atoms with E-state index in [9.17, 15) is 9.50 Å². The monoisotopic (exact) mass is 290 g/mol. The summed E-state index contributed by atoms with van der Waals surface area (Å²) in [5.41, 5.74) is 1.14. The molecule has 1 aliphatic rings. The minimum Gasteiger partial charge on any atom is -0.370 e. The van der Waals surface area contributed by atoms with Gasteiger partial charge in [0.2, 0.25) is 0 Å². The summed E-state index contributed by atoms with van der Waals surface area (Å²) in [6, 6.07) is 14.2. The Labute approximate surface area is 120 Å². The van der Waals surface area contributed by atoms with Crippen molar-refractivity contribution < 1.29 is 9.50 Å². The lowest BCUT2D eigenvalue weighted by Crippen LogP contribution is -2.30. The number of aliphatic hydroxyl groups excluding tert-OH is 1.